The fourth-order valence-electron chi connectivity index (χ4n) is 5.03. The number of aryl methyl sites for hydroxylation is 1. The third-order valence-corrected chi connectivity index (χ3v) is 9.49. The lowest BCUT2D eigenvalue weighted by molar-refractivity contribution is -0.120. The van der Waals surface area contributed by atoms with Crippen LogP contribution in [0, 0.1) is 31.4 Å². The summed E-state index contributed by atoms with van der Waals surface area (Å²) in [7, 11) is -2.34. The Morgan fingerprint density at radius 2 is 1.76 bits per heavy atom. The summed E-state index contributed by atoms with van der Waals surface area (Å²) in [4.78, 5) is 26.2. The van der Waals surface area contributed by atoms with Crippen molar-refractivity contribution in [3.05, 3.63) is 93.2 Å². The van der Waals surface area contributed by atoms with Crippen LogP contribution in [0.2, 0.25) is 0 Å². The van der Waals surface area contributed by atoms with E-state index in [0.29, 0.717) is 11.4 Å². The summed E-state index contributed by atoms with van der Waals surface area (Å²) in [6, 6.07) is 12.1. The van der Waals surface area contributed by atoms with Gasteiger partial charge >= 0.3 is 0 Å². The quantitative estimate of drug-likeness (QED) is 0.340. The minimum Gasteiger partial charge on any atom is -0.355 e. The van der Waals surface area contributed by atoms with Gasteiger partial charge in [-0.3, -0.25) is 14.3 Å². The van der Waals surface area contributed by atoms with Crippen molar-refractivity contribution in [2.75, 3.05) is 18.4 Å². The molecule has 0 spiro atoms. The van der Waals surface area contributed by atoms with Gasteiger partial charge in [0.05, 0.1) is 11.4 Å². The number of hydrogen-bond acceptors (Lipinski definition) is 6. The van der Waals surface area contributed by atoms with Crippen molar-refractivity contribution in [3.8, 4) is 5.69 Å². The molecule has 0 bridgehead atoms. The maximum absolute atomic E-state index is 14.0. The fourth-order valence-corrected chi connectivity index (χ4v) is 6.75. The van der Waals surface area contributed by atoms with Crippen molar-refractivity contribution < 1.29 is 26.5 Å². The zero-order chi connectivity index (χ0) is 30.2. The van der Waals surface area contributed by atoms with Gasteiger partial charge < -0.3 is 9.84 Å². The Kier molecular flexibility index (Phi) is 7.97. The van der Waals surface area contributed by atoms with Crippen molar-refractivity contribution in [1.82, 2.24) is 18.8 Å². The number of rotatable bonds is 7. The largest absolute Gasteiger partial charge is 0.355 e. The van der Waals surface area contributed by atoms with Crippen LogP contribution in [0.15, 0.2) is 62.7 Å². The van der Waals surface area contributed by atoms with E-state index in [1.807, 2.05) is 18.2 Å². The van der Waals surface area contributed by atoms with Crippen LogP contribution in [0.5, 0.6) is 0 Å². The predicted molar refractivity (Wildman–Crippen MR) is 152 cm³/mol. The first-order valence-corrected chi connectivity index (χ1v) is 14.7. The molecule has 0 saturated carbocycles. The summed E-state index contributed by atoms with van der Waals surface area (Å²) in [5, 5.41) is 6.55. The molecule has 10 nitrogen and oxygen atoms in total. The molecule has 1 aliphatic heterocycles. The molecule has 1 aliphatic rings. The van der Waals surface area contributed by atoms with Crippen LogP contribution in [-0.4, -0.2) is 46.2 Å². The van der Waals surface area contributed by atoms with Crippen LogP contribution in [0.4, 0.5) is 14.5 Å². The molecule has 1 amide bonds. The molecule has 1 saturated heterocycles. The second-order valence-corrected chi connectivity index (χ2v) is 11.9. The van der Waals surface area contributed by atoms with Crippen molar-refractivity contribution >= 4 is 33.8 Å². The molecule has 5 rings (SSSR count). The van der Waals surface area contributed by atoms with Gasteiger partial charge in [0.15, 0.2) is 10.7 Å². The number of amides is 1. The van der Waals surface area contributed by atoms with Crippen molar-refractivity contribution in [2.24, 2.45) is 13.0 Å². The smallest absolute Gasteiger partial charge is 0.295 e. The van der Waals surface area contributed by atoms with Gasteiger partial charge in [-0.2, -0.15) is 4.31 Å². The lowest BCUT2D eigenvalue weighted by atomic mass is 9.97. The molecule has 4 aromatic rings. The van der Waals surface area contributed by atoms with E-state index in [1.165, 1.54) is 34.1 Å². The van der Waals surface area contributed by atoms with Gasteiger partial charge in [0, 0.05) is 37.7 Å². The number of carbonyl (C=O) groups is 1. The van der Waals surface area contributed by atoms with Gasteiger partial charge in [-0.15, -0.1) is 0 Å². The number of para-hydroxylation sites is 1. The normalized spacial score (nSPS) is 15.0. The van der Waals surface area contributed by atoms with E-state index in [2.05, 4.69) is 10.5 Å². The second kappa shape index (κ2) is 11.5. The first kappa shape index (κ1) is 29.1. The van der Waals surface area contributed by atoms with E-state index in [1.54, 1.807) is 30.8 Å². The molecule has 0 aliphatic carbocycles. The Hall–Kier alpha value is -4.36. The highest BCUT2D eigenvalue weighted by molar-refractivity contribution is 7.89. The molecule has 0 atom stereocenters. The maximum atomic E-state index is 14.0. The van der Waals surface area contributed by atoms with Crippen LogP contribution in [0.25, 0.3) is 17.8 Å². The minimum absolute atomic E-state index is 0.0461. The predicted octanol–water partition coefficient (Wildman–Crippen LogP) is 4.27. The summed E-state index contributed by atoms with van der Waals surface area (Å²) < 4.78 is 64.0. The number of hydrogen-bond donors (Lipinski definition) is 1. The molecule has 42 heavy (non-hydrogen) atoms. The Balaban J connectivity index is 1.29. The third kappa shape index (κ3) is 5.44. The first-order chi connectivity index (χ1) is 20.0. The SMILES string of the molecule is Cc1noc(/C=C/c2ccc(F)cc2F)c1S(=O)(=O)N1CCC(C(=O)Nc2c(C)n(C)n(-c3ccccc3)c2=O)CC1. The van der Waals surface area contributed by atoms with Gasteiger partial charge in [-0.25, -0.2) is 21.9 Å². The second-order valence-electron chi connectivity index (χ2n) is 10.1. The number of aromatic nitrogens is 3. The Morgan fingerprint density at radius 1 is 1.07 bits per heavy atom. The molecule has 0 unspecified atom stereocenters. The monoisotopic (exact) mass is 597 g/mol. The molecule has 1 N–H and O–H groups in total. The summed E-state index contributed by atoms with van der Waals surface area (Å²) in [5.74, 6) is -2.50. The number of benzene rings is 2. The molecule has 2 aromatic heterocycles. The standard InChI is InChI=1S/C29H29F2N5O5S/c1-18-27(25(41-33-18)12-10-20-9-11-22(30)17-24(20)31)42(39,40)35-15-13-21(14-16-35)28(37)32-26-19(2)34(3)36(29(26)38)23-7-5-4-6-8-23/h4-12,17,21H,13-16H2,1-3H3,(H,32,37)/b12-10+. The number of piperidine rings is 1. The topological polar surface area (TPSA) is 119 Å². The zero-order valence-electron chi connectivity index (χ0n) is 23.2. The average molecular weight is 598 g/mol. The summed E-state index contributed by atoms with van der Waals surface area (Å²) in [6.45, 7) is 3.34. The molecule has 2 aromatic carbocycles. The van der Waals surface area contributed by atoms with Crippen molar-refractivity contribution in [2.45, 2.75) is 31.6 Å². The third-order valence-electron chi connectivity index (χ3n) is 7.44. The van der Waals surface area contributed by atoms with Gasteiger partial charge in [0.2, 0.25) is 15.9 Å². The molecule has 13 heteroatoms. The molecule has 1 fully saturated rings. The van der Waals surface area contributed by atoms with Crippen LogP contribution in [0.1, 0.15) is 35.6 Å². The van der Waals surface area contributed by atoms with Gasteiger partial charge in [-0.1, -0.05) is 23.4 Å². The Bertz CT molecular complexity index is 1840. The van der Waals surface area contributed by atoms with E-state index in [-0.39, 0.29) is 65.0 Å². The van der Waals surface area contributed by atoms with Crippen LogP contribution < -0.4 is 10.9 Å². The minimum atomic E-state index is -4.07. The summed E-state index contributed by atoms with van der Waals surface area (Å²) in [5.41, 5.74) is 1.23. The lowest BCUT2D eigenvalue weighted by Gasteiger charge is -2.30. The number of sulfonamides is 1. The van der Waals surface area contributed by atoms with Crippen LogP contribution >= 0.6 is 0 Å². The molecular formula is C29H29F2N5O5S. The molecule has 3 heterocycles. The van der Waals surface area contributed by atoms with E-state index < -0.39 is 27.6 Å². The number of nitrogens with one attached hydrogen (secondary N) is 1. The highest BCUT2D eigenvalue weighted by Gasteiger charge is 2.36. The van der Waals surface area contributed by atoms with Gasteiger partial charge in [-0.05, 0) is 63.1 Å². The number of halogens is 2. The fraction of sp³-hybridized carbons (Fsp3) is 0.276. The van der Waals surface area contributed by atoms with Crippen molar-refractivity contribution in [3.63, 3.8) is 0 Å². The Labute approximate surface area is 240 Å². The van der Waals surface area contributed by atoms with Crippen LogP contribution in [0.3, 0.4) is 0 Å². The van der Waals surface area contributed by atoms with Gasteiger partial charge in [0.25, 0.3) is 5.56 Å². The van der Waals surface area contributed by atoms with E-state index >= 15 is 0 Å². The summed E-state index contributed by atoms with van der Waals surface area (Å²) >= 11 is 0. The molecule has 0 radical (unpaired) electrons. The maximum Gasteiger partial charge on any atom is 0.295 e. The van der Waals surface area contributed by atoms with Gasteiger partial charge in [0.1, 0.15) is 23.0 Å². The highest BCUT2D eigenvalue weighted by atomic mass is 32.2. The lowest BCUT2D eigenvalue weighted by Crippen LogP contribution is -2.42. The number of nitrogens with zero attached hydrogens (tertiary/aromatic N) is 4. The number of anilines is 1. The van der Waals surface area contributed by atoms with E-state index in [4.69, 9.17) is 4.52 Å². The van der Waals surface area contributed by atoms with E-state index in [9.17, 15) is 26.8 Å². The summed E-state index contributed by atoms with van der Waals surface area (Å²) in [6.07, 6.45) is 3.02. The van der Waals surface area contributed by atoms with Crippen LogP contribution in [-0.2, 0) is 21.9 Å². The Morgan fingerprint density at radius 3 is 2.43 bits per heavy atom. The average Bonchev–Trinajstić information content (AvgIpc) is 3.45. The molecular weight excluding hydrogens is 568 g/mol. The highest BCUT2D eigenvalue weighted by Crippen LogP contribution is 2.30. The molecule has 220 valence electrons. The zero-order valence-corrected chi connectivity index (χ0v) is 24.0. The number of carbonyl (C=O) groups excluding carboxylic acids is 1. The van der Waals surface area contributed by atoms with E-state index in [0.717, 1.165) is 12.1 Å². The first-order valence-electron chi connectivity index (χ1n) is 13.2. The van der Waals surface area contributed by atoms with Crippen molar-refractivity contribution in [1.29, 1.82) is 0 Å².